The summed E-state index contributed by atoms with van der Waals surface area (Å²) in [6, 6.07) is 15.5. The number of benzene rings is 2. The summed E-state index contributed by atoms with van der Waals surface area (Å²) in [4.78, 5) is 15.3. The van der Waals surface area contributed by atoms with Crippen LogP contribution >= 0.6 is 35.6 Å². The first kappa shape index (κ1) is 26.4. The van der Waals surface area contributed by atoms with Gasteiger partial charge < -0.3 is 9.47 Å². The van der Waals surface area contributed by atoms with Crippen LogP contribution in [0, 0.1) is 0 Å². The molecule has 1 fully saturated rings. The van der Waals surface area contributed by atoms with Gasteiger partial charge in [-0.2, -0.15) is 5.10 Å². The van der Waals surface area contributed by atoms with Crippen molar-refractivity contribution in [2.24, 2.45) is 0 Å². The van der Waals surface area contributed by atoms with Gasteiger partial charge in [-0.25, -0.2) is 4.68 Å². The summed E-state index contributed by atoms with van der Waals surface area (Å²) < 4.78 is 13.3. The number of amides is 1. The lowest BCUT2D eigenvalue weighted by Crippen LogP contribution is -2.29. The minimum absolute atomic E-state index is 0.0998. The third kappa shape index (κ3) is 6.18. The predicted octanol–water partition coefficient (Wildman–Crippen LogP) is 6.61. The molecule has 188 valence electrons. The van der Waals surface area contributed by atoms with Crippen molar-refractivity contribution < 1.29 is 14.3 Å². The van der Waals surface area contributed by atoms with E-state index < -0.39 is 0 Å². The molecule has 1 aliphatic rings. The van der Waals surface area contributed by atoms with Gasteiger partial charge in [0, 0.05) is 37.6 Å². The minimum Gasteiger partial charge on any atom is -0.492 e. The number of methoxy groups -OCH3 is 1. The molecular weight excluding hydrogens is 514 g/mol. The number of hydrogen-bond acceptors (Lipinski definition) is 6. The van der Waals surface area contributed by atoms with E-state index in [4.69, 9.17) is 38.4 Å². The van der Waals surface area contributed by atoms with Gasteiger partial charge in [0.15, 0.2) is 0 Å². The van der Waals surface area contributed by atoms with Crippen LogP contribution in [0.2, 0.25) is 5.02 Å². The van der Waals surface area contributed by atoms with Crippen molar-refractivity contribution in [3.05, 3.63) is 70.2 Å². The van der Waals surface area contributed by atoms with Crippen LogP contribution in [-0.2, 0) is 9.53 Å². The lowest BCUT2D eigenvalue weighted by molar-refractivity contribution is -0.122. The molecule has 2 aromatic carbocycles. The zero-order chi connectivity index (χ0) is 25.5. The van der Waals surface area contributed by atoms with Gasteiger partial charge in [-0.15, -0.1) is 0 Å². The summed E-state index contributed by atoms with van der Waals surface area (Å²) in [5.41, 5.74) is 3.26. The largest absolute Gasteiger partial charge is 0.492 e. The highest BCUT2D eigenvalue weighted by Crippen LogP contribution is 2.36. The average Bonchev–Trinajstić information content (AvgIpc) is 3.42. The molecule has 2 heterocycles. The molecular formula is C27H28ClN3O3S2. The van der Waals surface area contributed by atoms with Gasteiger partial charge in [-0.3, -0.25) is 9.69 Å². The van der Waals surface area contributed by atoms with E-state index in [-0.39, 0.29) is 5.91 Å². The van der Waals surface area contributed by atoms with Crippen molar-refractivity contribution >= 4 is 51.9 Å². The molecule has 3 aromatic rings. The molecule has 0 unspecified atom stereocenters. The number of halogens is 1. The minimum atomic E-state index is -0.0998. The maximum Gasteiger partial charge on any atom is 0.266 e. The highest BCUT2D eigenvalue weighted by molar-refractivity contribution is 8.26. The highest BCUT2D eigenvalue weighted by atomic mass is 35.5. The van der Waals surface area contributed by atoms with Crippen LogP contribution < -0.4 is 4.74 Å². The van der Waals surface area contributed by atoms with Crippen LogP contribution in [0.15, 0.2) is 59.6 Å². The zero-order valence-electron chi connectivity index (χ0n) is 20.3. The van der Waals surface area contributed by atoms with E-state index in [0.717, 1.165) is 36.1 Å². The molecule has 0 saturated carbocycles. The summed E-state index contributed by atoms with van der Waals surface area (Å²) >= 11 is 13.3. The molecule has 1 aliphatic heterocycles. The van der Waals surface area contributed by atoms with Crippen molar-refractivity contribution in [3.63, 3.8) is 0 Å². The third-order valence-corrected chi connectivity index (χ3v) is 7.29. The summed E-state index contributed by atoms with van der Waals surface area (Å²) in [6.07, 6.45) is 6.51. The standard InChI is InChI=1S/C27H28ClN3O3S2/c1-3-4-15-34-23-12-11-19(16-22(23)28)25-20(18-31(29-25)21-9-6-5-7-10-21)17-24-26(32)30(27(35)36-24)13-8-14-33-2/h5-7,9-12,16-18H,3-4,8,13-15H2,1-2H3/b24-17-. The van der Waals surface area contributed by atoms with E-state index in [1.165, 1.54) is 11.8 Å². The number of carbonyl (C=O) groups is 1. The molecule has 4 rings (SSSR count). The Balaban J connectivity index is 1.69. The quantitative estimate of drug-likeness (QED) is 0.155. The number of para-hydroxylation sites is 1. The van der Waals surface area contributed by atoms with Crippen molar-refractivity contribution in [2.45, 2.75) is 26.2 Å². The number of thioether (sulfide) groups is 1. The first-order chi connectivity index (χ1) is 17.5. The van der Waals surface area contributed by atoms with Crippen molar-refractivity contribution in [1.82, 2.24) is 14.7 Å². The lowest BCUT2D eigenvalue weighted by Gasteiger charge is -2.13. The maximum absolute atomic E-state index is 13.1. The van der Waals surface area contributed by atoms with Gasteiger partial charge >= 0.3 is 0 Å². The van der Waals surface area contributed by atoms with E-state index in [0.29, 0.717) is 45.5 Å². The fourth-order valence-corrected chi connectivity index (χ4v) is 5.26. The van der Waals surface area contributed by atoms with Gasteiger partial charge in [0.25, 0.3) is 5.91 Å². The van der Waals surface area contributed by atoms with Crippen LogP contribution in [0.3, 0.4) is 0 Å². The number of rotatable bonds is 11. The fourth-order valence-electron chi connectivity index (χ4n) is 3.72. The normalized spacial score (nSPS) is 14.8. The number of nitrogens with zero attached hydrogens (tertiary/aromatic N) is 3. The first-order valence-corrected chi connectivity index (χ1v) is 13.4. The molecule has 0 radical (unpaired) electrons. The zero-order valence-corrected chi connectivity index (χ0v) is 22.7. The Kier molecular flexibility index (Phi) is 9.20. The Morgan fingerprint density at radius 1 is 1.14 bits per heavy atom. The van der Waals surface area contributed by atoms with Crippen LogP contribution in [0.4, 0.5) is 0 Å². The summed E-state index contributed by atoms with van der Waals surface area (Å²) in [5.74, 6) is 0.548. The third-order valence-electron chi connectivity index (χ3n) is 5.61. The van der Waals surface area contributed by atoms with Crippen LogP contribution in [0.5, 0.6) is 5.75 Å². The smallest absolute Gasteiger partial charge is 0.266 e. The first-order valence-electron chi connectivity index (χ1n) is 11.8. The molecule has 6 nitrogen and oxygen atoms in total. The number of thiocarbonyl (C=S) groups is 1. The lowest BCUT2D eigenvalue weighted by atomic mass is 10.1. The van der Waals surface area contributed by atoms with E-state index in [1.54, 1.807) is 16.7 Å². The molecule has 1 amide bonds. The number of ether oxygens (including phenoxy) is 2. The molecule has 0 spiro atoms. The topological polar surface area (TPSA) is 56.6 Å². The van der Waals surface area contributed by atoms with Gasteiger partial charge in [-0.1, -0.05) is 67.1 Å². The second-order valence-corrected chi connectivity index (χ2v) is 10.3. The second kappa shape index (κ2) is 12.5. The summed E-state index contributed by atoms with van der Waals surface area (Å²) in [5, 5.41) is 5.37. The van der Waals surface area contributed by atoms with Crippen molar-refractivity contribution in [3.8, 4) is 22.7 Å². The molecule has 0 atom stereocenters. The molecule has 0 bridgehead atoms. The van der Waals surface area contributed by atoms with E-state index >= 15 is 0 Å². The summed E-state index contributed by atoms with van der Waals surface area (Å²) in [6.45, 7) is 3.84. The molecule has 1 aromatic heterocycles. The number of unbranched alkanes of at least 4 members (excludes halogenated alkanes) is 1. The number of carbonyl (C=O) groups excluding carboxylic acids is 1. The van der Waals surface area contributed by atoms with Gasteiger partial charge in [0.05, 0.1) is 22.2 Å². The Morgan fingerprint density at radius 3 is 2.67 bits per heavy atom. The Bertz CT molecular complexity index is 1260. The SMILES string of the molecule is CCCCOc1ccc(-c2nn(-c3ccccc3)cc2/C=C2\SC(=S)N(CCCOC)C2=O)cc1Cl. The van der Waals surface area contributed by atoms with Crippen LogP contribution in [0.1, 0.15) is 31.7 Å². The van der Waals surface area contributed by atoms with Gasteiger partial charge in [-0.05, 0) is 49.2 Å². The van der Waals surface area contributed by atoms with Gasteiger partial charge in [0.1, 0.15) is 15.8 Å². The molecule has 36 heavy (non-hydrogen) atoms. The number of aromatic nitrogens is 2. The molecule has 0 N–H and O–H groups in total. The second-order valence-electron chi connectivity index (χ2n) is 8.24. The Labute approximate surface area is 226 Å². The monoisotopic (exact) mass is 541 g/mol. The Hall–Kier alpha value is -2.65. The van der Waals surface area contributed by atoms with E-state index in [1.807, 2.05) is 60.8 Å². The van der Waals surface area contributed by atoms with Crippen molar-refractivity contribution in [2.75, 3.05) is 26.9 Å². The van der Waals surface area contributed by atoms with Crippen LogP contribution in [0.25, 0.3) is 23.0 Å². The molecule has 0 aliphatic carbocycles. The Morgan fingerprint density at radius 2 is 1.94 bits per heavy atom. The maximum atomic E-state index is 13.1. The van der Waals surface area contributed by atoms with Gasteiger partial charge in [0.2, 0.25) is 0 Å². The fraction of sp³-hybridized carbons (Fsp3) is 0.296. The van der Waals surface area contributed by atoms with E-state index in [2.05, 4.69) is 6.92 Å². The summed E-state index contributed by atoms with van der Waals surface area (Å²) in [7, 11) is 1.65. The predicted molar refractivity (Wildman–Crippen MR) is 151 cm³/mol. The molecule has 1 saturated heterocycles. The van der Waals surface area contributed by atoms with Crippen molar-refractivity contribution in [1.29, 1.82) is 0 Å². The van der Waals surface area contributed by atoms with E-state index in [9.17, 15) is 4.79 Å². The highest BCUT2D eigenvalue weighted by Gasteiger charge is 2.32. The number of hydrogen-bond donors (Lipinski definition) is 0. The van der Waals surface area contributed by atoms with Crippen LogP contribution in [-0.4, -0.2) is 51.8 Å². The average molecular weight is 542 g/mol. The molecule has 9 heteroatoms.